The third-order valence-electron chi connectivity index (χ3n) is 8.17. The lowest BCUT2D eigenvalue weighted by Crippen LogP contribution is -2.32. The molecule has 1 aliphatic rings. The Morgan fingerprint density at radius 1 is 0.889 bits per heavy atom. The van der Waals surface area contributed by atoms with E-state index < -0.39 is 0 Å². The fourth-order valence-corrected chi connectivity index (χ4v) is 5.65. The van der Waals surface area contributed by atoms with Crippen LogP contribution in [0.4, 0.5) is 11.4 Å². The summed E-state index contributed by atoms with van der Waals surface area (Å²) in [4.78, 5) is 15.3. The van der Waals surface area contributed by atoms with E-state index in [9.17, 15) is 4.79 Å². The van der Waals surface area contributed by atoms with E-state index >= 15 is 0 Å². The van der Waals surface area contributed by atoms with Crippen molar-refractivity contribution in [2.24, 2.45) is 0 Å². The van der Waals surface area contributed by atoms with Gasteiger partial charge in [-0.2, -0.15) is 0 Å². The van der Waals surface area contributed by atoms with Gasteiger partial charge in [-0.05, 0) is 85.0 Å². The van der Waals surface area contributed by atoms with Gasteiger partial charge >= 0.3 is 0 Å². The molecule has 9 nitrogen and oxygen atoms in total. The average molecular weight is 603 g/mol. The van der Waals surface area contributed by atoms with Crippen molar-refractivity contribution < 1.29 is 14.3 Å². The Morgan fingerprint density at radius 3 is 2.40 bits per heavy atom. The van der Waals surface area contributed by atoms with Crippen molar-refractivity contribution in [1.29, 1.82) is 0 Å². The maximum absolute atomic E-state index is 12.8. The van der Waals surface area contributed by atoms with E-state index in [1.54, 1.807) is 18.9 Å². The molecular formula is C36H38N6O3. The largest absolute Gasteiger partial charge is 0.493 e. The van der Waals surface area contributed by atoms with E-state index in [-0.39, 0.29) is 5.91 Å². The highest BCUT2D eigenvalue weighted by Crippen LogP contribution is 2.33. The Morgan fingerprint density at radius 2 is 1.64 bits per heavy atom. The standard InChI is InChI=1S/C36H38N6O3/c1-25-7-6-8-28(19-25)36(43)38-33-10-5-4-9-32(33)37-22-30-24-42(40-39-30)31-13-11-26(12-14-31)15-17-41-18-16-27-20-34(44-2)35(45-3)21-29(27)23-41/h4-14,19-21,24,37H,15-18,22-23H2,1-3H3,(H,38,43). The number of nitrogens with one attached hydrogen (secondary N) is 2. The molecule has 0 atom stereocenters. The minimum Gasteiger partial charge on any atom is -0.493 e. The van der Waals surface area contributed by atoms with Gasteiger partial charge in [0.1, 0.15) is 5.69 Å². The summed E-state index contributed by atoms with van der Waals surface area (Å²) < 4.78 is 12.8. The highest BCUT2D eigenvalue weighted by molar-refractivity contribution is 6.06. The number of para-hydroxylation sites is 2. The zero-order chi connectivity index (χ0) is 31.2. The Labute approximate surface area is 263 Å². The second-order valence-electron chi connectivity index (χ2n) is 11.3. The van der Waals surface area contributed by atoms with Crippen molar-refractivity contribution in [1.82, 2.24) is 19.9 Å². The number of ether oxygens (including phenoxy) is 2. The molecule has 230 valence electrons. The van der Waals surface area contributed by atoms with E-state index in [1.165, 1.54) is 16.7 Å². The van der Waals surface area contributed by atoms with Gasteiger partial charge in [0.2, 0.25) is 0 Å². The second kappa shape index (κ2) is 13.7. The third kappa shape index (κ3) is 7.16. The topological polar surface area (TPSA) is 93.5 Å². The molecule has 1 amide bonds. The Balaban J connectivity index is 1.02. The molecule has 0 saturated heterocycles. The highest BCUT2D eigenvalue weighted by Gasteiger charge is 2.19. The Bertz CT molecular complexity index is 1780. The first-order valence-electron chi connectivity index (χ1n) is 15.2. The molecule has 0 unspecified atom stereocenters. The van der Waals surface area contributed by atoms with Crippen LogP contribution in [0.15, 0.2) is 91.1 Å². The first-order valence-corrected chi connectivity index (χ1v) is 15.2. The predicted molar refractivity (Wildman–Crippen MR) is 176 cm³/mol. The van der Waals surface area contributed by atoms with Crippen molar-refractivity contribution in [2.75, 3.05) is 37.9 Å². The zero-order valence-corrected chi connectivity index (χ0v) is 25.9. The quantitative estimate of drug-likeness (QED) is 0.190. The van der Waals surface area contributed by atoms with Crippen LogP contribution in [0.25, 0.3) is 5.69 Å². The number of amides is 1. The maximum Gasteiger partial charge on any atom is 0.255 e. The molecule has 2 heterocycles. The van der Waals surface area contributed by atoms with Gasteiger partial charge in [-0.3, -0.25) is 9.69 Å². The number of anilines is 2. The highest BCUT2D eigenvalue weighted by atomic mass is 16.5. The molecule has 0 spiro atoms. The SMILES string of the molecule is COc1cc2c(cc1OC)CN(CCc1ccc(-n3cc(CNc4ccccc4NC(=O)c4cccc(C)c4)nn3)cc1)CC2. The summed E-state index contributed by atoms with van der Waals surface area (Å²) in [5, 5.41) is 15.1. The summed E-state index contributed by atoms with van der Waals surface area (Å²) in [5.74, 6) is 1.43. The predicted octanol–water partition coefficient (Wildman–Crippen LogP) is 6.06. The van der Waals surface area contributed by atoms with Crippen molar-refractivity contribution in [2.45, 2.75) is 32.9 Å². The van der Waals surface area contributed by atoms with Crippen LogP contribution in [0.3, 0.4) is 0 Å². The maximum atomic E-state index is 12.8. The molecule has 9 heteroatoms. The minimum atomic E-state index is -0.148. The zero-order valence-electron chi connectivity index (χ0n) is 25.9. The summed E-state index contributed by atoms with van der Waals surface area (Å²) in [6.07, 6.45) is 3.89. The summed E-state index contributed by atoms with van der Waals surface area (Å²) in [6.45, 7) is 5.36. The normalized spacial score (nSPS) is 12.8. The number of carbonyl (C=O) groups is 1. The fourth-order valence-electron chi connectivity index (χ4n) is 5.65. The smallest absolute Gasteiger partial charge is 0.255 e. The Kier molecular flexibility index (Phi) is 9.07. The molecule has 1 aliphatic heterocycles. The molecule has 0 fully saturated rings. The number of fused-ring (bicyclic) bond motifs is 1. The number of hydrogen-bond donors (Lipinski definition) is 2. The Hall–Kier alpha value is -5.15. The van der Waals surface area contributed by atoms with Crippen LogP contribution < -0.4 is 20.1 Å². The van der Waals surface area contributed by atoms with E-state index in [0.717, 1.165) is 66.6 Å². The van der Waals surface area contributed by atoms with Crippen LogP contribution in [-0.4, -0.2) is 53.1 Å². The van der Waals surface area contributed by atoms with Crippen LogP contribution in [-0.2, 0) is 25.9 Å². The summed E-state index contributed by atoms with van der Waals surface area (Å²) in [6, 6.07) is 27.9. The third-order valence-corrected chi connectivity index (χ3v) is 8.17. The second-order valence-corrected chi connectivity index (χ2v) is 11.3. The number of nitrogens with zero attached hydrogens (tertiary/aromatic N) is 4. The van der Waals surface area contributed by atoms with E-state index in [0.29, 0.717) is 17.8 Å². The molecule has 0 bridgehead atoms. The lowest BCUT2D eigenvalue weighted by atomic mass is 9.98. The molecule has 0 saturated carbocycles. The van der Waals surface area contributed by atoms with Gasteiger partial charge in [0, 0.05) is 25.2 Å². The van der Waals surface area contributed by atoms with Crippen LogP contribution in [0.5, 0.6) is 11.5 Å². The van der Waals surface area contributed by atoms with Gasteiger partial charge in [-0.25, -0.2) is 4.68 Å². The number of benzene rings is 4. The number of aromatic nitrogens is 3. The lowest BCUT2D eigenvalue weighted by molar-refractivity contribution is 0.102. The van der Waals surface area contributed by atoms with Gasteiger partial charge in [0.15, 0.2) is 11.5 Å². The molecular weight excluding hydrogens is 564 g/mol. The summed E-state index contributed by atoms with van der Waals surface area (Å²) in [7, 11) is 3.37. The van der Waals surface area contributed by atoms with Gasteiger partial charge in [-0.15, -0.1) is 5.10 Å². The molecule has 45 heavy (non-hydrogen) atoms. The summed E-state index contributed by atoms with van der Waals surface area (Å²) >= 11 is 0. The first-order chi connectivity index (χ1) is 22.0. The van der Waals surface area contributed by atoms with Crippen LogP contribution in [0.2, 0.25) is 0 Å². The van der Waals surface area contributed by atoms with Crippen LogP contribution >= 0.6 is 0 Å². The van der Waals surface area contributed by atoms with Gasteiger partial charge in [-0.1, -0.05) is 47.2 Å². The number of methoxy groups -OCH3 is 2. The van der Waals surface area contributed by atoms with E-state index in [4.69, 9.17) is 9.47 Å². The molecule has 0 radical (unpaired) electrons. The van der Waals surface area contributed by atoms with Gasteiger partial charge < -0.3 is 20.1 Å². The first kappa shape index (κ1) is 29.9. The van der Waals surface area contributed by atoms with Crippen molar-refractivity contribution in [3.8, 4) is 17.2 Å². The molecule has 0 aliphatic carbocycles. The van der Waals surface area contributed by atoms with Crippen LogP contribution in [0.1, 0.15) is 38.3 Å². The molecule has 4 aromatic carbocycles. The molecule has 1 aromatic heterocycles. The lowest BCUT2D eigenvalue weighted by Gasteiger charge is -2.29. The minimum absolute atomic E-state index is 0.148. The van der Waals surface area contributed by atoms with Gasteiger partial charge in [0.25, 0.3) is 5.91 Å². The average Bonchev–Trinajstić information content (AvgIpc) is 3.55. The number of carbonyl (C=O) groups excluding carboxylic acids is 1. The molecule has 5 aromatic rings. The van der Waals surface area contributed by atoms with Crippen LogP contribution in [0, 0.1) is 6.92 Å². The van der Waals surface area contributed by atoms with E-state index in [1.807, 2.05) is 61.7 Å². The number of hydrogen-bond acceptors (Lipinski definition) is 7. The fraction of sp³-hybridized carbons (Fsp3) is 0.250. The monoisotopic (exact) mass is 602 g/mol. The van der Waals surface area contributed by atoms with Crippen molar-refractivity contribution in [3.63, 3.8) is 0 Å². The number of aryl methyl sites for hydroxylation is 1. The van der Waals surface area contributed by atoms with Crippen molar-refractivity contribution in [3.05, 3.63) is 125 Å². The number of rotatable bonds is 11. The molecule has 2 N–H and O–H groups in total. The van der Waals surface area contributed by atoms with Gasteiger partial charge in [0.05, 0.1) is 44.0 Å². The van der Waals surface area contributed by atoms with Crippen molar-refractivity contribution >= 4 is 17.3 Å². The summed E-state index contributed by atoms with van der Waals surface area (Å²) in [5.41, 5.74) is 8.86. The molecule has 6 rings (SSSR count). The van der Waals surface area contributed by atoms with E-state index in [2.05, 4.69) is 62.2 Å².